The molecule has 0 aromatic heterocycles. The van der Waals surface area contributed by atoms with Crippen molar-refractivity contribution in [3.8, 4) is 0 Å². The molecule has 0 unspecified atom stereocenters. The average molecular weight is 144 g/mol. The summed E-state index contributed by atoms with van der Waals surface area (Å²) in [5.74, 6) is -0.145. The summed E-state index contributed by atoms with van der Waals surface area (Å²) in [4.78, 5) is 13.4. The van der Waals surface area contributed by atoms with Crippen LogP contribution in [0.4, 0.5) is 0 Å². The Hall–Kier alpha value is -0.520. The molecule has 0 heterocycles. The van der Waals surface area contributed by atoms with Gasteiger partial charge in [0.25, 0.3) is 0 Å². The van der Waals surface area contributed by atoms with E-state index in [-0.39, 0.29) is 5.78 Å². The number of hydrogen-bond acceptors (Lipinski definition) is 1. The highest BCUT2D eigenvalue weighted by Crippen LogP contribution is 2.25. The zero-order chi connectivity index (χ0) is 7.44. The first-order valence-electron chi connectivity index (χ1n) is 2.50. The summed E-state index contributed by atoms with van der Waals surface area (Å²) >= 11 is 0. The molecule has 0 N–H and O–H groups in total. The van der Waals surface area contributed by atoms with Crippen LogP contribution in [0, 0.1) is 0 Å². The molecule has 0 aliphatic carbocycles. The molecule has 3 nitrogen and oxygen atoms in total. The van der Waals surface area contributed by atoms with Gasteiger partial charge in [0.05, 0.1) is 0 Å². The number of carbonyl (C=O) groups excluding carboxylic acids is 1. The molecule has 0 aliphatic heterocycles. The lowest BCUT2D eigenvalue weighted by Crippen LogP contribution is -2.07. The van der Waals surface area contributed by atoms with Crippen LogP contribution in [0.25, 0.3) is 5.53 Å². The zero-order valence-corrected chi connectivity index (χ0v) is 6.64. The first-order valence-corrected chi connectivity index (χ1v) is 4.73. The van der Waals surface area contributed by atoms with Crippen LogP contribution in [-0.2, 0) is 4.79 Å². The number of ketones is 1. The van der Waals surface area contributed by atoms with Crippen LogP contribution in [-0.4, -0.2) is 29.4 Å². The molecular formula is C5H9N2OP. The Kier molecular flexibility index (Phi) is 3.29. The van der Waals surface area contributed by atoms with E-state index in [0.29, 0.717) is 5.45 Å². The number of rotatable bonds is 2. The molecular weight excluding hydrogens is 135 g/mol. The van der Waals surface area contributed by atoms with Gasteiger partial charge >= 0.3 is 5.45 Å². The molecule has 0 bridgehead atoms. The largest absolute Gasteiger partial charge is 0.361 e. The maximum Gasteiger partial charge on any atom is 0.351 e. The van der Waals surface area contributed by atoms with Crippen LogP contribution in [0.1, 0.15) is 6.92 Å². The fourth-order valence-electron chi connectivity index (χ4n) is 0.475. The fraction of sp³-hybridized carbons (Fsp3) is 0.600. The predicted octanol–water partition coefficient (Wildman–Crippen LogP) is 0.945. The molecule has 50 valence electrons. The van der Waals surface area contributed by atoms with E-state index in [1.807, 2.05) is 13.3 Å². The van der Waals surface area contributed by atoms with Crippen molar-refractivity contribution < 1.29 is 9.58 Å². The van der Waals surface area contributed by atoms with Crippen molar-refractivity contribution in [3.63, 3.8) is 0 Å². The Morgan fingerprint density at radius 1 is 1.56 bits per heavy atom. The van der Waals surface area contributed by atoms with Gasteiger partial charge in [0.1, 0.15) is 0 Å². The quantitative estimate of drug-likeness (QED) is 0.246. The van der Waals surface area contributed by atoms with Crippen LogP contribution in [0.5, 0.6) is 0 Å². The second-order valence-corrected chi connectivity index (χ2v) is 4.09. The summed E-state index contributed by atoms with van der Waals surface area (Å²) in [5.41, 5.74) is 8.55. The third-order valence-corrected chi connectivity index (χ3v) is 2.08. The Balaban J connectivity index is 4.38. The summed E-state index contributed by atoms with van der Waals surface area (Å²) < 4.78 is 0. The smallest absolute Gasteiger partial charge is 0.351 e. The lowest BCUT2D eigenvalue weighted by Gasteiger charge is -1.91. The number of carbonyl (C=O) groups is 1. The molecule has 0 saturated heterocycles. The van der Waals surface area contributed by atoms with Crippen molar-refractivity contribution in [1.29, 1.82) is 0 Å². The van der Waals surface area contributed by atoms with Gasteiger partial charge in [-0.05, 0) is 13.3 Å². The van der Waals surface area contributed by atoms with Gasteiger partial charge in [-0.25, -0.2) is 0 Å². The van der Waals surface area contributed by atoms with E-state index in [9.17, 15) is 4.79 Å². The normalized spacial score (nSPS) is 8.89. The summed E-state index contributed by atoms with van der Waals surface area (Å²) in [6, 6.07) is 0. The molecule has 0 spiro atoms. The van der Waals surface area contributed by atoms with Crippen molar-refractivity contribution in [2.45, 2.75) is 6.92 Å². The molecule has 0 rings (SSSR count). The molecule has 4 heteroatoms. The Bertz CT molecular complexity index is 170. The number of hydrogen-bond donors (Lipinski definition) is 0. The predicted molar refractivity (Wildman–Crippen MR) is 38.1 cm³/mol. The summed E-state index contributed by atoms with van der Waals surface area (Å²) in [5, 5.41) is 0. The Morgan fingerprint density at radius 2 is 2.00 bits per heavy atom. The van der Waals surface area contributed by atoms with Crippen molar-refractivity contribution in [1.82, 2.24) is 0 Å². The van der Waals surface area contributed by atoms with Crippen molar-refractivity contribution >= 4 is 19.2 Å². The minimum atomic E-state index is -0.553. The second kappa shape index (κ2) is 3.49. The number of nitrogens with zero attached hydrogens (tertiary/aromatic N) is 2. The van der Waals surface area contributed by atoms with Crippen molar-refractivity contribution in [2.24, 2.45) is 0 Å². The van der Waals surface area contributed by atoms with Gasteiger partial charge in [0.15, 0.2) is 0 Å². The maximum absolute atomic E-state index is 10.5. The summed E-state index contributed by atoms with van der Waals surface area (Å²) in [6.45, 7) is 5.13. The minimum Gasteiger partial charge on any atom is -0.361 e. The van der Waals surface area contributed by atoms with Gasteiger partial charge in [-0.1, -0.05) is 0 Å². The first-order chi connectivity index (χ1) is 4.09. The molecule has 0 aromatic carbocycles. The summed E-state index contributed by atoms with van der Waals surface area (Å²) in [7, 11) is -0.553. The van der Waals surface area contributed by atoms with Crippen molar-refractivity contribution in [3.05, 3.63) is 5.53 Å². The fourth-order valence-corrected chi connectivity index (χ4v) is 1.28. The highest BCUT2D eigenvalue weighted by Gasteiger charge is 2.18. The average Bonchev–Trinajstić information content (AvgIpc) is 1.64. The molecule has 0 radical (unpaired) electrons. The second-order valence-electron chi connectivity index (χ2n) is 1.87. The van der Waals surface area contributed by atoms with Gasteiger partial charge in [-0.15, -0.1) is 0 Å². The van der Waals surface area contributed by atoms with Crippen molar-refractivity contribution in [2.75, 3.05) is 13.3 Å². The van der Waals surface area contributed by atoms with Gasteiger partial charge in [-0.3, -0.25) is 4.79 Å². The van der Waals surface area contributed by atoms with E-state index < -0.39 is 7.92 Å². The zero-order valence-electron chi connectivity index (χ0n) is 5.75. The van der Waals surface area contributed by atoms with Gasteiger partial charge in [0.2, 0.25) is 5.78 Å². The topological polar surface area (TPSA) is 53.5 Å². The third kappa shape index (κ3) is 2.50. The van der Waals surface area contributed by atoms with E-state index in [0.717, 1.165) is 0 Å². The molecule has 0 aromatic rings. The van der Waals surface area contributed by atoms with Gasteiger partial charge < -0.3 is 5.53 Å². The monoisotopic (exact) mass is 144 g/mol. The van der Waals surface area contributed by atoms with E-state index in [4.69, 9.17) is 5.53 Å². The third-order valence-electron chi connectivity index (χ3n) is 0.833. The highest BCUT2D eigenvalue weighted by molar-refractivity contribution is 7.76. The summed E-state index contributed by atoms with van der Waals surface area (Å²) in [6.07, 6.45) is 0. The molecule has 0 amide bonds. The van der Waals surface area contributed by atoms with Crippen LogP contribution in [0.2, 0.25) is 0 Å². The van der Waals surface area contributed by atoms with Crippen LogP contribution in [0.3, 0.4) is 0 Å². The van der Waals surface area contributed by atoms with E-state index >= 15 is 0 Å². The molecule has 0 atom stereocenters. The Morgan fingerprint density at radius 3 is 2.00 bits per heavy atom. The van der Waals surface area contributed by atoms with Gasteiger partial charge in [0, 0.05) is 14.8 Å². The van der Waals surface area contributed by atoms with Crippen LogP contribution in [0.15, 0.2) is 0 Å². The minimum absolute atomic E-state index is 0.145. The van der Waals surface area contributed by atoms with Gasteiger partial charge in [-0.2, -0.15) is 4.79 Å². The van der Waals surface area contributed by atoms with E-state index in [2.05, 4.69) is 4.79 Å². The SMILES string of the molecule is CC(=O)C(=[N+]=[N-])P(C)C. The van der Waals surface area contributed by atoms with E-state index in [1.54, 1.807) is 0 Å². The van der Waals surface area contributed by atoms with E-state index in [1.165, 1.54) is 6.92 Å². The maximum atomic E-state index is 10.5. The standard InChI is InChI=1S/C5H9N2OP/c1-4(8)5(7-6)9(2)3/h1-3H3. The number of Topliss-reactive ketones (excluding diaryl/α,β-unsaturated/α-hetero) is 1. The molecule has 0 fully saturated rings. The lowest BCUT2D eigenvalue weighted by atomic mass is 10.5. The first kappa shape index (κ1) is 8.48. The highest BCUT2D eigenvalue weighted by atomic mass is 31.1. The van der Waals surface area contributed by atoms with Crippen LogP contribution >= 0.6 is 7.92 Å². The molecule has 9 heavy (non-hydrogen) atoms. The van der Waals surface area contributed by atoms with Crippen LogP contribution < -0.4 is 0 Å². The Labute approximate surface area is 55.4 Å². The molecule has 0 saturated carbocycles. The lowest BCUT2D eigenvalue weighted by molar-refractivity contribution is -0.114. The molecule has 0 aliphatic rings.